The summed E-state index contributed by atoms with van der Waals surface area (Å²) in [5, 5.41) is 0. The predicted molar refractivity (Wildman–Crippen MR) is 131 cm³/mol. The maximum absolute atomic E-state index is 13.3. The highest BCUT2D eigenvalue weighted by atomic mass is 32.2. The molecular formula is C21H30B3F3O7S. The fraction of sp³-hybridized carbons (Fsp3) is 0.619. The van der Waals surface area contributed by atoms with Crippen molar-refractivity contribution in [1.29, 1.82) is 0 Å². The standard InChI is InChI=1S/C21H30B3F3O7S/c1-20(2)5-14(18(28)33-16(21(25,26)27)10-35(30,31)32)15(6-20)19(29)34-17-12(8-23)3-11(7-22)4-13(17)9-24/h3-4,14-16H,5-10,22-24H2,1-2H3,(H,30,31,32). The van der Waals surface area contributed by atoms with E-state index in [1.807, 2.05) is 35.7 Å². The monoisotopic (exact) mass is 516 g/mol. The normalized spacial score (nSPS) is 20.9. The molecule has 0 aromatic heterocycles. The molecule has 0 saturated heterocycles. The van der Waals surface area contributed by atoms with E-state index in [2.05, 4.69) is 4.74 Å². The number of carbonyl (C=O) groups is 2. The third-order valence-electron chi connectivity index (χ3n) is 6.30. The molecule has 0 amide bonds. The van der Waals surface area contributed by atoms with E-state index in [0.29, 0.717) is 18.4 Å². The fourth-order valence-corrected chi connectivity index (χ4v) is 5.17. The Bertz CT molecular complexity index is 1040. The lowest BCUT2D eigenvalue weighted by atomic mass is 9.85. The average Bonchev–Trinajstić information content (AvgIpc) is 3.07. The number of hydrogen-bond donors (Lipinski definition) is 1. The van der Waals surface area contributed by atoms with Crippen LogP contribution in [0.1, 0.15) is 43.4 Å². The van der Waals surface area contributed by atoms with Crippen molar-refractivity contribution in [1.82, 2.24) is 0 Å². The molecule has 2 rings (SSSR count). The summed E-state index contributed by atoms with van der Waals surface area (Å²) >= 11 is 0. The summed E-state index contributed by atoms with van der Waals surface area (Å²) in [5.74, 6) is -5.85. The first kappa shape index (κ1) is 29.3. The zero-order chi connectivity index (χ0) is 26.8. The van der Waals surface area contributed by atoms with Gasteiger partial charge in [0.1, 0.15) is 35.0 Å². The Morgan fingerprint density at radius 1 is 1.06 bits per heavy atom. The molecule has 1 N–H and O–H groups in total. The molecule has 0 heterocycles. The number of benzene rings is 1. The fourth-order valence-electron chi connectivity index (χ4n) is 4.53. The van der Waals surface area contributed by atoms with Gasteiger partial charge in [-0.2, -0.15) is 21.6 Å². The highest BCUT2D eigenvalue weighted by Crippen LogP contribution is 2.47. The first-order chi connectivity index (χ1) is 16.0. The molecule has 1 aliphatic rings. The second-order valence-electron chi connectivity index (χ2n) is 9.73. The van der Waals surface area contributed by atoms with Crippen LogP contribution >= 0.6 is 0 Å². The Morgan fingerprint density at radius 3 is 1.94 bits per heavy atom. The molecule has 1 aromatic rings. The third kappa shape index (κ3) is 7.77. The van der Waals surface area contributed by atoms with Crippen LogP contribution in [0.2, 0.25) is 0 Å². The minimum absolute atomic E-state index is 0.0537. The number of rotatable bonds is 9. The van der Waals surface area contributed by atoms with Crippen molar-refractivity contribution in [3.05, 3.63) is 28.8 Å². The van der Waals surface area contributed by atoms with Crippen molar-refractivity contribution in [3.63, 3.8) is 0 Å². The van der Waals surface area contributed by atoms with E-state index in [1.54, 1.807) is 13.8 Å². The molecule has 3 atom stereocenters. The van der Waals surface area contributed by atoms with Gasteiger partial charge in [0.25, 0.3) is 10.1 Å². The Morgan fingerprint density at radius 2 is 1.54 bits per heavy atom. The largest absolute Gasteiger partial charge is 0.451 e. The number of hydrogen-bond acceptors (Lipinski definition) is 6. The molecular weight excluding hydrogens is 486 g/mol. The molecule has 7 nitrogen and oxygen atoms in total. The van der Waals surface area contributed by atoms with E-state index in [4.69, 9.17) is 9.29 Å². The maximum Gasteiger partial charge on any atom is 0.426 e. The van der Waals surface area contributed by atoms with Gasteiger partial charge in [-0.05, 0) is 29.4 Å². The third-order valence-corrected chi connectivity index (χ3v) is 7.02. The summed E-state index contributed by atoms with van der Waals surface area (Å²) in [6, 6.07) is 3.88. The zero-order valence-corrected chi connectivity index (χ0v) is 21.4. The van der Waals surface area contributed by atoms with Crippen LogP contribution < -0.4 is 4.74 Å². The van der Waals surface area contributed by atoms with Crippen LogP contribution in [-0.4, -0.2) is 66.5 Å². The van der Waals surface area contributed by atoms with E-state index >= 15 is 0 Å². The summed E-state index contributed by atoms with van der Waals surface area (Å²) < 4.78 is 81.0. The average molecular weight is 516 g/mol. The van der Waals surface area contributed by atoms with Gasteiger partial charge < -0.3 is 9.47 Å². The maximum atomic E-state index is 13.3. The summed E-state index contributed by atoms with van der Waals surface area (Å²) in [6.07, 6.45) is -6.06. The Kier molecular flexibility index (Phi) is 9.19. The topological polar surface area (TPSA) is 107 Å². The van der Waals surface area contributed by atoms with Crippen molar-refractivity contribution in [2.75, 3.05) is 5.75 Å². The summed E-state index contributed by atoms with van der Waals surface area (Å²) in [6.45, 7) is 3.54. The number of halogens is 3. The minimum atomic E-state index is -5.22. The van der Waals surface area contributed by atoms with Crippen molar-refractivity contribution in [3.8, 4) is 5.75 Å². The predicted octanol–water partition coefficient (Wildman–Crippen LogP) is 0.406. The lowest BCUT2D eigenvalue weighted by Crippen LogP contribution is -2.42. The second-order valence-corrected chi connectivity index (χ2v) is 11.2. The van der Waals surface area contributed by atoms with Crippen molar-refractivity contribution >= 4 is 45.6 Å². The summed E-state index contributed by atoms with van der Waals surface area (Å²) in [7, 11) is 0.755. The molecule has 0 radical (unpaired) electrons. The Labute approximate surface area is 206 Å². The molecule has 1 aliphatic carbocycles. The van der Waals surface area contributed by atoms with Crippen LogP contribution in [0.15, 0.2) is 12.1 Å². The quantitative estimate of drug-likeness (QED) is 0.220. The van der Waals surface area contributed by atoms with Gasteiger partial charge >= 0.3 is 18.1 Å². The number of esters is 2. The lowest BCUT2D eigenvalue weighted by Gasteiger charge is -2.24. The van der Waals surface area contributed by atoms with Gasteiger partial charge in [0.05, 0.1) is 11.8 Å². The lowest BCUT2D eigenvalue weighted by molar-refractivity contribution is -0.218. The molecule has 1 aromatic carbocycles. The van der Waals surface area contributed by atoms with Gasteiger partial charge in [-0.3, -0.25) is 14.1 Å². The molecule has 0 bridgehead atoms. The van der Waals surface area contributed by atoms with Crippen LogP contribution in [0.4, 0.5) is 13.2 Å². The van der Waals surface area contributed by atoms with Crippen molar-refractivity contribution < 1.29 is 45.2 Å². The molecule has 0 aliphatic heterocycles. The molecule has 3 unspecified atom stereocenters. The molecule has 14 heteroatoms. The highest BCUT2D eigenvalue weighted by molar-refractivity contribution is 7.85. The van der Waals surface area contributed by atoms with Crippen LogP contribution in [0.5, 0.6) is 5.75 Å². The van der Waals surface area contributed by atoms with Gasteiger partial charge in [0, 0.05) is 0 Å². The van der Waals surface area contributed by atoms with E-state index in [1.165, 1.54) is 0 Å². The smallest absolute Gasteiger partial charge is 0.426 e. The Balaban J connectivity index is 2.34. The second kappa shape index (κ2) is 11.0. The van der Waals surface area contributed by atoms with E-state index in [9.17, 15) is 31.2 Å². The molecule has 0 spiro atoms. The van der Waals surface area contributed by atoms with Gasteiger partial charge in [0.15, 0.2) is 0 Å². The minimum Gasteiger partial charge on any atom is -0.451 e. The highest BCUT2D eigenvalue weighted by Gasteiger charge is 2.51. The molecule has 192 valence electrons. The molecule has 35 heavy (non-hydrogen) atoms. The van der Waals surface area contributed by atoms with Crippen molar-refractivity contribution in [2.24, 2.45) is 17.3 Å². The zero-order valence-electron chi connectivity index (χ0n) is 20.6. The van der Waals surface area contributed by atoms with E-state index in [-0.39, 0.29) is 12.8 Å². The van der Waals surface area contributed by atoms with Gasteiger partial charge in [-0.25, -0.2) is 0 Å². The van der Waals surface area contributed by atoms with Gasteiger partial charge in [-0.1, -0.05) is 50.5 Å². The van der Waals surface area contributed by atoms with E-state index in [0.717, 1.165) is 23.0 Å². The van der Waals surface area contributed by atoms with Gasteiger partial charge in [-0.15, -0.1) is 0 Å². The SMILES string of the molecule is BCc1cc(CB)c(OC(=O)C2CC(C)(C)CC2C(=O)OC(CS(=O)(=O)O)C(F)(F)F)c(CB)c1. The summed E-state index contributed by atoms with van der Waals surface area (Å²) in [5.41, 5.74) is 2.14. The number of ether oxygens (including phenoxy) is 2. The molecule has 1 fully saturated rings. The molecule has 1 saturated carbocycles. The first-order valence-electron chi connectivity index (χ1n) is 11.6. The van der Waals surface area contributed by atoms with Gasteiger partial charge in [0.2, 0.25) is 6.10 Å². The van der Waals surface area contributed by atoms with Crippen LogP contribution in [0.25, 0.3) is 0 Å². The first-order valence-corrected chi connectivity index (χ1v) is 13.2. The van der Waals surface area contributed by atoms with Crippen LogP contribution in [-0.2, 0) is 43.4 Å². The van der Waals surface area contributed by atoms with Crippen LogP contribution in [0.3, 0.4) is 0 Å². The van der Waals surface area contributed by atoms with Crippen LogP contribution in [0, 0.1) is 17.3 Å². The summed E-state index contributed by atoms with van der Waals surface area (Å²) in [4.78, 5) is 26.0. The number of carbonyl (C=O) groups excluding carboxylic acids is 2. The Hall–Kier alpha value is -1.95. The van der Waals surface area contributed by atoms with E-state index < -0.39 is 57.3 Å². The number of alkyl halides is 3. The van der Waals surface area contributed by atoms with Crippen molar-refractivity contribution in [2.45, 2.75) is 57.9 Å².